The Labute approximate surface area is 127 Å². The van der Waals surface area contributed by atoms with Crippen LogP contribution in [-0.2, 0) is 12.8 Å². The molecule has 2 rings (SSSR count). The lowest BCUT2D eigenvalue weighted by molar-refractivity contribution is 0.476. The molecule has 21 heavy (non-hydrogen) atoms. The number of nitrogens with one attached hydrogen (secondary N) is 1. The zero-order valence-corrected chi connectivity index (χ0v) is 12.7. The molecule has 0 aromatic heterocycles. The molecule has 0 aliphatic heterocycles. The summed E-state index contributed by atoms with van der Waals surface area (Å²) in [6.45, 7) is 3.18. The molecular weight excluding hydrogens is 261 g/mol. The van der Waals surface area contributed by atoms with E-state index in [0.29, 0.717) is 6.04 Å². The molecule has 2 heteroatoms. The van der Waals surface area contributed by atoms with E-state index in [2.05, 4.69) is 36.5 Å². The lowest BCUT2D eigenvalue weighted by Crippen LogP contribution is -2.32. The maximum absolute atomic E-state index is 13.3. The summed E-state index contributed by atoms with van der Waals surface area (Å²) in [6.07, 6.45) is 4.12. The molecule has 112 valence electrons. The minimum Gasteiger partial charge on any atom is -0.314 e. The first-order valence-electron chi connectivity index (χ1n) is 7.79. The minimum absolute atomic E-state index is 0.148. The maximum atomic E-state index is 13.3. The molecule has 0 aliphatic rings. The third-order valence-corrected chi connectivity index (χ3v) is 3.68. The zero-order chi connectivity index (χ0) is 14.9. The first kappa shape index (κ1) is 15.7. The van der Waals surface area contributed by atoms with Gasteiger partial charge in [0.2, 0.25) is 0 Å². The molecule has 1 N–H and O–H groups in total. The molecule has 0 saturated heterocycles. The molecule has 1 atom stereocenters. The molecule has 0 spiro atoms. The van der Waals surface area contributed by atoms with Crippen LogP contribution in [0, 0.1) is 5.82 Å². The van der Waals surface area contributed by atoms with Crippen molar-refractivity contribution < 1.29 is 4.39 Å². The van der Waals surface area contributed by atoms with Gasteiger partial charge in [0, 0.05) is 6.04 Å². The second-order valence-corrected chi connectivity index (χ2v) is 5.51. The monoisotopic (exact) mass is 285 g/mol. The Kier molecular flexibility index (Phi) is 6.42. The van der Waals surface area contributed by atoms with Gasteiger partial charge >= 0.3 is 0 Å². The predicted molar refractivity (Wildman–Crippen MR) is 86.9 cm³/mol. The fourth-order valence-corrected chi connectivity index (χ4v) is 2.56. The van der Waals surface area contributed by atoms with Crippen LogP contribution in [-0.4, -0.2) is 12.6 Å². The van der Waals surface area contributed by atoms with Crippen molar-refractivity contribution in [1.29, 1.82) is 0 Å². The van der Waals surface area contributed by atoms with Crippen molar-refractivity contribution >= 4 is 0 Å². The Morgan fingerprint density at radius 1 is 1.00 bits per heavy atom. The van der Waals surface area contributed by atoms with Gasteiger partial charge in [-0.05, 0) is 55.5 Å². The molecule has 1 nitrogen and oxygen atoms in total. The Balaban J connectivity index is 1.94. The summed E-state index contributed by atoms with van der Waals surface area (Å²) in [5.74, 6) is -0.148. The van der Waals surface area contributed by atoms with Crippen LogP contribution in [0.1, 0.15) is 30.9 Å². The predicted octanol–water partition coefficient (Wildman–Crippen LogP) is 4.37. The van der Waals surface area contributed by atoms with E-state index in [9.17, 15) is 4.39 Å². The number of rotatable bonds is 8. The molecular formula is C19H24FN. The van der Waals surface area contributed by atoms with E-state index in [1.807, 2.05) is 12.1 Å². The number of hydrogen-bond acceptors (Lipinski definition) is 1. The van der Waals surface area contributed by atoms with E-state index in [-0.39, 0.29) is 5.82 Å². The summed E-state index contributed by atoms with van der Waals surface area (Å²) in [7, 11) is 0. The van der Waals surface area contributed by atoms with Crippen molar-refractivity contribution in [1.82, 2.24) is 5.32 Å². The van der Waals surface area contributed by atoms with Crippen LogP contribution < -0.4 is 5.32 Å². The molecule has 0 bridgehead atoms. The Bertz CT molecular complexity index is 524. The summed E-state index contributed by atoms with van der Waals surface area (Å²) in [5, 5.41) is 3.59. The van der Waals surface area contributed by atoms with Gasteiger partial charge in [-0.25, -0.2) is 4.39 Å². The van der Waals surface area contributed by atoms with Crippen LogP contribution in [0.4, 0.5) is 4.39 Å². The molecule has 1 unspecified atom stereocenters. The first-order chi connectivity index (χ1) is 10.3. The Hall–Kier alpha value is -1.67. The fraction of sp³-hybridized carbons (Fsp3) is 0.368. The van der Waals surface area contributed by atoms with Gasteiger partial charge in [0.25, 0.3) is 0 Å². The number of hydrogen-bond donors (Lipinski definition) is 1. The largest absolute Gasteiger partial charge is 0.314 e. The maximum Gasteiger partial charge on any atom is 0.123 e. The smallest absolute Gasteiger partial charge is 0.123 e. The SMILES string of the molecule is CCCNC(CCc1ccccc1)Cc1cccc(F)c1. The normalized spacial score (nSPS) is 12.3. The third-order valence-electron chi connectivity index (χ3n) is 3.68. The van der Waals surface area contributed by atoms with E-state index in [1.165, 1.54) is 11.6 Å². The fourth-order valence-electron chi connectivity index (χ4n) is 2.56. The van der Waals surface area contributed by atoms with Crippen LogP contribution >= 0.6 is 0 Å². The highest BCUT2D eigenvalue weighted by Gasteiger charge is 2.09. The van der Waals surface area contributed by atoms with E-state index >= 15 is 0 Å². The average Bonchev–Trinajstić information content (AvgIpc) is 2.51. The molecule has 0 amide bonds. The summed E-state index contributed by atoms with van der Waals surface area (Å²) in [6, 6.07) is 17.9. The van der Waals surface area contributed by atoms with Crippen LogP contribution in [0.2, 0.25) is 0 Å². The van der Waals surface area contributed by atoms with Crippen LogP contribution in [0.25, 0.3) is 0 Å². The molecule has 0 saturated carbocycles. The van der Waals surface area contributed by atoms with Crippen LogP contribution in [0.3, 0.4) is 0 Å². The standard InChI is InChI=1S/C19H24FN/c1-2-13-21-19(12-11-16-7-4-3-5-8-16)15-17-9-6-10-18(20)14-17/h3-10,14,19,21H,2,11-13,15H2,1H3. The van der Waals surface area contributed by atoms with Crippen molar-refractivity contribution in [2.45, 2.75) is 38.6 Å². The van der Waals surface area contributed by atoms with Crippen molar-refractivity contribution in [3.8, 4) is 0 Å². The lowest BCUT2D eigenvalue weighted by Gasteiger charge is -2.19. The van der Waals surface area contributed by atoms with E-state index in [1.54, 1.807) is 12.1 Å². The van der Waals surface area contributed by atoms with Gasteiger partial charge in [0.1, 0.15) is 5.82 Å². The molecule has 0 aliphatic carbocycles. The van der Waals surface area contributed by atoms with Gasteiger partial charge in [-0.15, -0.1) is 0 Å². The van der Waals surface area contributed by atoms with Crippen LogP contribution in [0.15, 0.2) is 54.6 Å². The minimum atomic E-state index is -0.148. The summed E-state index contributed by atoms with van der Waals surface area (Å²) in [4.78, 5) is 0. The number of halogens is 1. The number of aryl methyl sites for hydroxylation is 1. The van der Waals surface area contributed by atoms with Crippen molar-refractivity contribution in [3.63, 3.8) is 0 Å². The lowest BCUT2D eigenvalue weighted by atomic mass is 9.99. The van der Waals surface area contributed by atoms with E-state index in [4.69, 9.17) is 0 Å². The average molecular weight is 285 g/mol. The zero-order valence-electron chi connectivity index (χ0n) is 12.7. The highest BCUT2D eigenvalue weighted by Crippen LogP contribution is 2.11. The van der Waals surface area contributed by atoms with E-state index in [0.717, 1.165) is 37.8 Å². The molecule has 2 aromatic carbocycles. The Morgan fingerprint density at radius 2 is 1.76 bits per heavy atom. The molecule has 2 aromatic rings. The van der Waals surface area contributed by atoms with Crippen LogP contribution in [0.5, 0.6) is 0 Å². The summed E-state index contributed by atoms with van der Waals surface area (Å²) >= 11 is 0. The summed E-state index contributed by atoms with van der Waals surface area (Å²) in [5.41, 5.74) is 2.43. The van der Waals surface area contributed by atoms with E-state index < -0.39 is 0 Å². The van der Waals surface area contributed by atoms with Gasteiger partial charge in [-0.2, -0.15) is 0 Å². The van der Waals surface area contributed by atoms with Crippen molar-refractivity contribution in [3.05, 3.63) is 71.5 Å². The van der Waals surface area contributed by atoms with Gasteiger partial charge in [0.05, 0.1) is 0 Å². The van der Waals surface area contributed by atoms with Gasteiger partial charge in [-0.1, -0.05) is 49.4 Å². The molecule has 0 fully saturated rings. The second-order valence-electron chi connectivity index (χ2n) is 5.51. The first-order valence-corrected chi connectivity index (χ1v) is 7.79. The second kappa shape index (κ2) is 8.58. The Morgan fingerprint density at radius 3 is 2.48 bits per heavy atom. The van der Waals surface area contributed by atoms with Gasteiger partial charge in [-0.3, -0.25) is 0 Å². The van der Waals surface area contributed by atoms with Crippen molar-refractivity contribution in [2.75, 3.05) is 6.54 Å². The quantitative estimate of drug-likeness (QED) is 0.759. The molecule has 0 radical (unpaired) electrons. The number of benzene rings is 2. The van der Waals surface area contributed by atoms with Crippen molar-refractivity contribution in [2.24, 2.45) is 0 Å². The highest BCUT2D eigenvalue weighted by atomic mass is 19.1. The molecule has 0 heterocycles. The van der Waals surface area contributed by atoms with Gasteiger partial charge < -0.3 is 5.32 Å². The highest BCUT2D eigenvalue weighted by molar-refractivity contribution is 5.18. The third kappa shape index (κ3) is 5.68. The summed E-state index contributed by atoms with van der Waals surface area (Å²) < 4.78 is 13.3. The topological polar surface area (TPSA) is 12.0 Å². The van der Waals surface area contributed by atoms with Gasteiger partial charge in [0.15, 0.2) is 0 Å².